The summed E-state index contributed by atoms with van der Waals surface area (Å²) in [6.45, 7) is 0.932. The van der Waals surface area contributed by atoms with E-state index < -0.39 is 28.9 Å². The van der Waals surface area contributed by atoms with Gasteiger partial charge in [0.15, 0.2) is 0 Å². The largest absolute Gasteiger partial charge is 0.507 e. The highest BCUT2D eigenvalue weighted by atomic mass is 19.1. The number of nitrogens with one attached hydrogen (secondary N) is 1. The van der Waals surface area contributed by atoms with E-state index in [9.17, 15) is 18.7 Å². The molecule has 128 valence electrons. The van der Waals surface area contributed by atoms with Crippen LogP contribution in [-0.4, -0.2) is 31.3 Å². The number of rotatable bonds is 7. The third kappa shape index (κ3) is 4.66. The lowest BCUT2D eigenvalue weighted by Crippen LogP contribution is -2.24. The zero-order valence-electron chi connectivity index (χ0n) is 13.0. The van der Waals surface area contributed by atoms with Crippen molar-refractivity contribution in [2.45, 2.75) is 6.54 Å². The summed E-state index contributed by atoms with van der Waals surface area (Å²) in [6, 6.07) is 8.20. The number of benzene rings is 2. The molecular weight excluding hydrogens is 320 g/mol. The number of methoxy groups -OCH3 is 1. The van der Waals surface area contributed by atoms with Crippen LogP contribution >= 0.6 is 0 Å². The maximum absolute atomic E-state index is 13.6. The van der Waals surface area contributed by atoms with Crippen LogP contribution in [0.15, 0.2) is 36.4 Å². The first kappa shape index (κ1) is 17.7. The van der Waals surface area contributed by atoms with Crippen molar-refractivity contribution in [3.05, 3.63) is 59.2 Å². The number of phenols is 1. The van der Waals surface area contributed by atoms with Crippen molar-refractivity contribution in [2.75, 3.05) is 20.3 Å². The van der Waals surface area contributed by atoms with Gasteiger partial charge in [-0.3, -0.25) is 4.79 Å². The Balaban J connectivity index is 2.00. The molecule has 0 bridgehead atoms. The van der Waals surface area contributed by atoms with E-state index in [1.165, 1.54) is 0 Å². The summed E-state index contributed by atoms with van der Waals surface area (Å²) >= 11 is 0. The minimum atomic E-state index is -1.12. The Morgan fingerprint density at radius 2 is 2.00 bits per heavy atom. The first-order valence-corrected chi connectivity index (χ1v) is 7.18. The van der Waals surface area contributed by atoms with Crippen LogP contribution in [0.5, 0.6) is 11.5 Å². The van der Waals surface area contributed by atoms with Crippen LogP contribution in [0.1, 0.15) is 15.9 Å². The predicted octanol–water partition coefficient (Wildman–Crippen LogP) is 2.63. The number of carbonyl (C=O) groups is 1. The highest BCUT2D eigenvalue weighted by Crippen LogP contribution is 2.22. The standard InChI is InChI=1S/C17H17F2NO4/c1-23-5-6-24-13-4-2-3-11(7-13)10-20-17(22)16-14(19)8-12(18)9-15(16)21/h2-4,7-9,21H,5-6,10H2,1H3,(H,20,22). The van der Waals surface area contributed by atoms with E-state index in [0.717, 1.165) is 5.56 Å². The molecule has 2 aromatic rings. The molecule has 7 heteroatoms. The first-order valence-electron chi connectivity index (χ1n) is 7.18. The Hall–Kier alpha value is -2.67. The number of amides is 1. The van der Waals surface area contributed by atoms with Gasteiger partial charge >= 0.3 is 0 Å². The summed E-state index contributed by atoms with van der Waals surface area (Å²) in [5.41, 5.74) is 0.129. The average Bonchev–Trinajstić information content (AvgIpc) is 2.52. The molecule has 2 N–H and O–H groups in total. The third-order valence-electron chi connectivity index (χ3n) is 3.17. The number of ether oxygens (including phenoxy) is 2. The summed E-state index contributed by atoms with van der Waals surface area (Å²) in [7, 11) is 1.57. The van der Waals surface area contributed by atoms with E-state index in [-0.39, 0.29) is 6.54 Å². The van der Waals surface area contributed by atoms with Gasteiger partial charge in [-0.25, -0.2) is 8.78 Å². The smallest absolute Gasteiger partial charge is 0.258 e. The zero-order chi connectivity index (χ0) is 17.5. The van der Waals surface area contributed by atoms with Crippen LogP contribution in [0.2, 0.25) is 0 Å². The summed E-state index contributed by atoms with van der Waals surface area (Å²) in [5, 5.41) is 12.0. The van der Waals surface area contributed by atoms with E-state index in [2.05, 4.69) is 5.32 Å². The maximum atomic E-state index is 13.6. The zero-order valence-corrected chi connectivity index (χ0v) is 13.0. The van der Waals surface area contributed by atoms with Gasteiger partial charge in [0.25, 0.3) is 5.91 Å². The lowest BCUT2D eigenvalue weighted by Gasteiger charge is -2.10. The summed E-state index contributed by atoms with van der Waals surface area (Å²) < 4.78 is 36.9. The maximum Gasteiger partial charge on any atom is 0.258 e. The molecule has 0 spiro atoms. The van der Waals surface area contributed by atoms with Crippen LogP contribution < -0.4 is 10.1 Å². The number of carbonyl (C=O) groups excluding carboxylic acids is 1. The van der Waals surface area contributed by atoms with E-state index in [1.807, 2.05) is 0 Å². The van der Waals surface area contributed by atoms with Crippen molar-refractivity contribution < 1.29 is 28.2 Å². The summed E-state index contributed by atoms with van der Waals surface area (Å²) in [5.74, 6) is -3.06. The molecule has 5 nitrogen and oxygen atoms in total. The van der Waals surface area contributed by atoms with Crippen LogP contribution in [0, 0.1) is 11.6 Å². The molecular formula is C17H17F2NO4. The predicted molar refractivity (Wildman–Crippen MR) is 83.0 cm³/mol. The van der Waals surface area contributed by atoms with Crippen LogP contribution in [0.4, 0.5) is 8.78 Å². The van der Waals surface area contributed by atoms with E-state index in [0.29, 0.717) is 31.1 Å². The quantitative estimate of drug-likeness (QED) is 0.762. The molecule has 2 aromatic carbocycles. The number of hydrogen-bond acceptors (Lipinski definition) is 4. The minimum absolute atomic E-state index is 0.0938. The van der Waals surface area contributed by atoms with Gasteiger partial charge in [-0.2, -0.15) is 0 Å². The number of halogens is 2. The SMILES string of the molecule is COCCOc1cccc(CNC(=O)c2c(O)cc(F)cc2F)c1. The lowest BCUT2D eigenvalue weighted by atomic mass is 10.1. The Labute approximate surface area is 137 Å². The third-order valence-corrected chi connectivity index (χ3v) is 3.17. The number of hydrogen-bond donors (Lipinski definition) is 2. The highest BCUT2D eigenvalue weighted by molar-refractivity contribution is 5.97. The van der Waals surface area contributed by atoms with Gasteiger partial charge in [-0.05, 0) is 17.7 Å². The van der Waals surface area contributed by atoms with Crippen LogP contribution in [0.25, 0.3) is 0 Å². The molecule has 0 aliphatic heterocycles. The van der Waals surface area contributed by atoms with Gasteiger partial charge in [0.2, 0.25) is 0 Å². The van der Waals surface area contributed by atoms with Crippen LogP contribution in [0.3, 0.4) is 0 Å². The highest BCUT2D eigenvalue weighted by Gasteiger charge is 2.18. The van der Waals surface area contributed by atoms with Gasteiger partial charge in [-0.15, -0.1) is 0 Å². The fourth-order valence-corrected chi connectivity index (χ4v) is 2.04. The van der Waals surface area contributed by atoms with Gasteiger partial charge < -0.3 is 19.9 Å². The van der Waals surface area contributed by atoms with Crippen molar-refractivity contribution in [3.8, 4) is 11.5 Å². The second kappa shape index (κ2) is 8.26. The van der Waals surface area contributed by atoms with Crippen molar-refractivity contribution in [3.63, 3.8) is 0 Å². The molecule has 0 aromatic heterocycles. The lowest BCUT2D eigenvalue weighted by molar-refractivity contribution is 0.0943. The molecule has 0 saturated heterocycles. The fourth-order valence-electron chi connectivity index (χ4n) is 2.04. The Morgan fingerprint density at radius 1 is 1.21 bits per heavy atom. The van der Waals surface area contributed by atoms with Gasteiger partial charge in [-0.1, -0.05) is 12.1 Å². The van der Waals surface area contributed by atoms with Crippen molar-refractivity contribution >= 4 is 5.91 Å². The Bertz CT molecular complexity index is 698. The van der Waals surface area contributed by atoms with Crippen molar-refractivity contribution in [1.82, 2.24) is 5.32 Å². The molecule has 0 atom stereocenters. The van der Waals surface area contributed by atoms with Crippen LogP contribution in [-0.2, 0) is 11.3 Å². The normalized spacial score (nSPS) is 10.5. The molecule has 0 unspecified atom stereocenters. The topological polar surface area (TPSA) is 67.8 Å². The Morgan fingerprint density at radius 3 is 2.71 bits per heavy atom. The molecule has 0 saturated carbocycles. The Kier molecular flexibility index (Phi) is 6.08. The van der Waals surface area contributed by atoms with Crippen molar-refractivity contribution in [1.29, 1.82) is 0 Å². The summed E-state index contributed by atoms with van der Waals surface area (Å²) in [6.07, 6.45) is 0. The average molecular weight is 337 g/mol. The molecule has 0 fully saturated rings. The second-order valence-corrected chi connectivity index (χ2v) is 4.95. The monoisotopic (exact) mass is 337 g/mol. The molecule has 2 rings (SSSR count). The number of aromatic hydroxyl groups is 1. The fraction of sp³-hybridized carbons (Fsp3) is 0.235. The van der Waals surface area contributed by atoms with Gasteiger partial charge in [0.05, 0.1) is 6.61 Å². The molecule has 1 amide bonds. The summed E-state index contributed by atoms with van der Waals surface area (Å²) in [4.78, 5) is 12.0. The second-order valence-electron chi connectivity index (χ2n) is 4.95. The van der Waals surface area contributed by atoms with E-state index >= 15 is 0 Å². The van der Waals surface area contributed by atoms with Crippen molar-refractivity contribution in [2.24, 2.45) is 0 Å². The molecule has 0 radical (unpaired) electrons. The number of phenolic OH excluding ortho intramolecular Hbond substituents is 1. The van der Waals surface area contributed by atoms with E-state index in [1.54, 1.807) is 31.4 Å². The van der Waals surface area contributed by atoms with Gasteiger partial charge in [0, 0.05) is 25.8 Å². The van der Waals surface area contributed by atoms with E-state index in [4.69, 9.17) is 9.47 Å². The first-order chi connectivity index (χ1) is 11.5. The molecule has 24 heavy (non-hydrogen) atoms. The van der Waals surface area contributed by atoms with Gasteiger partial charge in [0.1, 0.15) is 35.3 Å². The molecule has 0 heterocycles. The molecule has 0 aliphatic carbocycles. The molecule has 0 aliphatic rings. The minimum Gasteiger partial charge on any atom is -0.507 e.